The lowest BCUT2D eigenvalue weighted by Crippen LogP contribution is -2.49. The molecule has 0 unspecified atom stereocenters. The summed E-state index contributed by atoms with van der Waals surface area (Å²) in [6.07, 6.45) is 0. The van der Waals surface area contributed by atoms with E-state index in [4.69, 9.17) is 5.73 Å². The molecule has 3 aromatic carbocycles. The second-order valence-corrected chi connectivity index (χ2v) is 9.18. The fourth-order valence-corrected chi connectivity index (χ4v) is 5.31. The zero-order valence-electron chi connectivity index (χ0n) is 18.3. The molecule has 5 rings (SSSR count). The van der Waals surface area contributed by atoms with E-state index in [0.717, 1.165) is 18.7 Å². The van der Waals surface area contributed by atoms with E-state index in [1.807, 2.05) is 47.4 Å². The van der Waals surface area contributed by atoms with Crippen molar-refractivity contribution < 1.29 is 4.79 Å². The lowest BCUT2D eigenvalue weighted by molar-refractivity contribution is 0.0602. The lowest BCUT2D eigenvalue weighted by atomic mass is 9.96. The highest BCUT2D eigenvalue weighted by Crippen LogP contribution is 2.33. The van der Waals surface area contributed by atoms with E-state index >= 15 is 0 Å². The Bertz CT molecular complexity index is 1160. The fourth-order valence-electron chi connectivity index (χ4n) is 4.48. The Labute approximate surface area is 198 Å². The highest BCUT2D eigenvalue weighted by atomic mass is 32.1. The van der Waals surface area contributed by atoms with Crippen LogP contribution in [0.25, 0.3) is 11.3 Å². The van der Waals surface area contributed by atoms with Crippen LogP contribution in [0, 0.1) is 0 Å². The Morgan fingerprint density at radius 3 is 1.85 bits per heavy atom. The summed E-state index contributed by atoms with van der Waals surface area (Å²) < 4.78 is 0. The summed E-state index contributed by atoms with van der Waals surface area (Å²) in [4.78, 5) is 22.9. The quantitative estimate of drug-likeness (QED) is 0.464. The molecule has 6 heteroatoms. The van der Waals surface area contributed by atoms with E-state index in [2.05, 4.69) is 58.4 Å². The molecule has 0 spiro atoms. The van der Waals surface area contributed by atoms with Gasteiger partial charge in [0.25, 0.3) is 5.91 Å². The normalized spacial score (nSPS) is 14.5. The SMILES string of the molecule is Nc1nc(-c2ccccc2)c(C(=O)N2CCN(C(c3ccccc3)c3ccccc3)CC2)s1. The number of benzene rings is 3. The Kier molecular flexibility index (Phi) is 6.19. The molecule has 1 aromatic heterocycles. The minimum atomic E-state index is 0.0127. The van der Waals surface area contributed by atoms with Crippen molar-refractivity contribution in [2.45, 2.75) is 6.04 Å². The van der Waals surface area contributed by atoms with Crippen LogP contribution in [-0.4, -0.2) is 46.9 Å². The molecule has 2 N–H and O–H groups in total. The van der Waals surface area contributed by atoms with E-state index in [1.165, 1.54) is 22.5 Å². The molecule has 1 fully saturated rings. The molecule has 166 valence electrons. The Morgan fingerprint density at radius 2 is 1.30 bits per heavy atom. The summed E-state index contributed by atoms with van der Waals surface area (Å²) in [7, 11) is 0. The van der Waals surface area contributed by atoms with Crippen LogP contribution in [0.1, 0.15) is 26.8 Å². The first-order valence-corrected chi connectivity index (χ1v) is 12.0. The summed E-state index contributed by atoms with van der Waals surface area (Å²) >= 11 is 1.27. The molecule has 0 saturated carbocycles. The molecule has 0 radical (unpaired) electrons. The zero-order valence-corrected chi connectivity index (χ0v) is 19.1. The molecule has 1 saturated heterocycles. The monoisotopic (exact) mass is 454 g/mol. The predicted octanol–water partition coefficient (Wildman–Crippen LogP) is 4.94. The van der Waals surface area contributed by atoms with Crippen LogP contribution in [0.3, 0.4) is 0 Å². The molecule has 4 aromatic rings. The van der Waals surface area contributed by atoms with E-state index in [0.29, 0.717) is 28.8 Å². The van der Waals surface area contributed by atoms with Crippen LogP contribution in [0.5, 0.6) is 0 Å². The first-order chi connectivity index (χ1) is 16.2. The number of hydrogen-bond donors (Lipinski definition) is 1. The Morgan fingerprint density at radius 1 is 0.788 bits per heavy atom. The van der Waals surface area contributed by atoms with Crippen LogP contribution in [-0.2, 0) is 0 Å². The number of carbonyl (C=O) groups excluding carboxylic acids is 1. The minimum Gasteiger partial charge on any atom is -0.375 e. The van der Waals surface area contributed by atoms with Crippen molar-refractivity contribution >= 4 is 22.4 Å². The number of nitrogens with zero attached hydrogens (tertiary/aromatic N) is 3. The van der Waals surface area contributed by atoms with Gasteiger partial charge in [0.05, 0.1) is 11.7 Å². The van der Waals surface area contributed by atoms with Crippen LogP contribution < -0.4 is 5.73 Å². The molecule has 0 bridgehead atoms. The average Bonchev–Trinajstić information content (AvgIpc) is 3.28. The number of nitrogens with two attached hydrogens (primary N) is 1. The van der Waals surface area contributed by atoms with E-state index in [-0.39, 0.29) is 11.9 Å². The van der Waals surface area contributed by atoms with Crippen LogP contribution >= 0.6 is 11.3 Å². The van der Waals surface area contributed by atoms with E-state index in [1.54, 1.807) is 0 Å². The largest absolute Gasteiger partial charge is 0.375 e. The van der Waals surface area contributed by atoms with Gasteiger partial charge in [-0.05, 0) is 11.1 Å². The minimum absolute atomic E-state index is 0.0127. The van der Waals surface area contributed by atoms with Gasteiger partial charge in [-0.1, -0.05) is 102 Å². The standard InChI is InChI=1S/C27H26N4OS/c28-27-29-23(20-10-4-1-5-11-20)25(33-27)26(32)31-18-16-30(17-19-31)24(21-12-6-2-7-13-21)22-14-8-3-9-15-22/h1-15,24H,16-19H2,(H2,28,29). The third kappa shape index (κ3) is 4.53. The second kappa shape index (κ2) is 9.57. The summed E-state index contributed by atoms with van der Waals surface area (Å²) in [5, 5.41) is 0.420. The van der Waals surface area contributed by atoms with Crippen molar-refractivity contribution in [1.82, 2.24) is 14.8 Å². The predicted molar refractivity (Wildman–Crippen MR) is 134 cm³/mol. The van der Waals surface area contributed by atoms with Gasteiger partial charge >= 0.3 is 0 Å². The Hall–Kier alpha value is -3.48. The van der Waals surface area contributed by atoms with Gasteiger partial charge in [-0.25, -0.2) is 4.98 Å². The number of thiazole rings is 1. The van der Waals surface area contributed by atoms with Gasteiger partial charge in [0.1, 0.15) is 4.88 Å². The van der Waals surface area contributed by atoms with Crippen molar-refractivity contribution in [1.29, 1.82) is 0 Å². The maximum atomic E-state index is 13.4. The van der Waals surface area contributed by atoms with Gasteiger partial charge < -0.3 is 10.6 Å². The molecule has 0 atom stereocenters. The summed E-state index contributed by atoms with van der Waals surface area (Å²) in [5.74, 6) is 0.0127. The van der Waals surface area contributed by atoms with Gasteiger partial charge in [-0.3, -0.25) is 9.69 Å². The molecular weight excluding hydrogens is 428 g/mol. The molecule has 0 aliphatic carbocycles. The molecule has 5 nitrogen and oxygen atoms in total. The molecule has 1 amide bonds. The number of amides is 1. The maximum Gasteiger partial charge on any atom is 0.266 e. The summed E-state index contributed by atoms with van der Waals surface area (Å²) in [6, 6.07) is 31.1. The van der Waals surface area contributed by atoms with Crippen molar-refractivity contribution in [3.63, 3.8) is 0 Å². The van der Waals surface area contributed by atoms with Crippen LogP contribution in [0.2, 0.25) is 0 Å². The second-order valence-electron chi connectivity index (χ2n) is 8.15. The van der Waals surface area contributed by atoms with Crippen molar-refractivity contribution in [3.8, 4) is 11.3 Å². The number of aromatic nitrogens is 1. The van der Waals surface area contributed by atoms with Gasteiger partial charge in [-0.15, -0.1) is 0 Å². The molecule has 1 aliphatic heterocycles. The van der Waals surface area contributed by atoms with Gasteiger partial charge in [0.2, 0.25) is 0 Å². The highest BCUT2D eigenvalue weighted by molar-refractivity contribution is 7.17. The Balaban J connectivity index is 1.35. The van der Waals surface area contributed by atoms with Gasteiger partial charge in [-0.2, -0.15) is 0 Å². The third-order valence-electron chi connectivity index (χ3n) is 6.08. The highest BCUT2D eigenvalue weighted by Gasteiger charge is 2.30. The molecule has 2 heterocycles. The van der Waals surface area contributed by atoms with Crippen LogP contribution in [0.15, 0.2) is 91.0 Å². The number of rotatable bonds is 5. The summed E-state index contributed by atoms with van der Waals surface area (Å²) in [6.45, 7) is 2.94. The molecule has 33 heavy (non-hydrogen) atoms. The van der Waals surface area contributed by atoms with Crippen molar-refractivity contribution in [3.05, 3.63) is 107 Å². The lowest BCUT2D eigenvalue weighted by Gasteiger charge is -2.39. The van der Waals surface area contributed by atoms with E-state index in [9.17, 15) is 4.79 Å². The molecular formula is C27H26N4OS. The fraction of sp³-hybridized carbons (Fsp3) is 0.185. The topological polar surface area (TPSA) is 62.5 Å². The maximum absolute atomic E-state index is 13.4. The number of hydrogen-bond acceptors (Lipinski definition) is 5. The number of nitrogen functional groups attached to an aromatic ring is 1. The first kappa shape index (κ1) is 21.4. The van der Waals surface area contributed by atoms with Gasteiger partial charge in [0, 0.05) is 31.7 Å². The first-order valence-electron chi connectivity index (χ1n) is 11.2. The average molecular weight is 455 g/mol. The third-order valence-corrected chi connectivity index (χ3v) is 6.95. The zero-order chi connectivity index (χ0) is 22.6. The van der Waals surface area contributed by atoms with E-state index < -0.39 is 0 Å². The van der Waals surface area contributed by atoms with Crippen molar-refractivity contribution in [2.24, 2.45) is 0 Å². The van der Waals surface area contributed by atoms with Crippen molar-refractivity contribution in [2.75, 3.05) is 31.9 Å². The summed E-state index contributed by atoms with van der Waals surface area (Å²) in [5.41, 5.74) is 10.1. The molecule has 1 aliphatic rings. The number of carbonyl (C=O) groups is 1. The number of anilines is 1. The van der Waals surface area contributed by atoms with Crippen LogP contribution in [0.4, 0.5) is 5.13 Å². The smallest absolute Gasteiger partial charge is 0.266 e. The van der Waals surface area contributed by atoms with Gasteiger partial charge in [0.15, 0.2) is 5.13 Å². The number of piperazine rings is 1.